The SMILES string of the molecule is Cc1ccnc(NC(C)Cc2cccs2)c1. The van der Waals surface area contributed by atoms with Gasteiger partial charge >= 0.3 is 0 Å². The van der Waals surface area contributed by atoms with Crippen molar-refractivity contribution >= 4 is 17.2 Å². The molecule has 1 unspecified atom stereocenters. The van der Waals surface area contributed by atoms with E-state index in [1.54, 1.807) is 11.3 Å². The van der Waals surface area contributed by atoms with E-state index in [9.17, 15) is 0 Å². The zero-order chi connectivity index (χ0) is 11.4. The molecule has 84 valence electrons. The number of pyridine rings is 1. The predicted molar refractivity (Wildman–Crippen MR) is 70.1 cm³/mol. The number of aryl methyl sites for hydroxylation is 1. The molecule has 0 spiro atoms. The molecule has 0 saturated heterocycles. The predicted octanol–water partition coefficient (Wildman–Crippen LogP) is 3.49. The third kappa shape index (κ3) is 3.07. The Bertz CT molecular complexity index is 437. The Morgan fingerprint density at radius 2 is 2.31 bits per heavy atom. The molecular formula is C13H16N2S. The van der Waals surface area contributed by atoms with Crippen molar-refractivity contribution in [1.82, 2.24) is 4.98 Å². The molecule has 2 rings (SSSR count). The van der Waals surface area contributed by atoms with Gasteiger partial charge < -0.3 is 5.32 Å². The van der Waals surface area contributed by atoms with Crippen LogP contribution in [-0.2, 0) is 6.42 Å². The van der Waals surface area contributed by atoms with Gasteiger partial charge in [0, 0.05) is 23.5 Å². The third-order valence-electron chi connectivity index (χ3n) is 2.40. The average molecular weight is 232 g/mol. The Balaban J connectivity index is 1.94. The van der Waals surface area contributed by atoms with Crippen molar-refractivity contribution in [3.8, 4) is 0 Å². The third-order valence-corrected chi connectivity index (χ3v) is 3.30. The summed E-state index contributed by atoms with van der Waals surface area (Å²) in [6, 6.07) is 8.76. The number of thiophene rings is 1. The fraction of sp³-hybridized carbons (Fsp3) is 0.308. The van der Waals surface area contributed by atoms with E-state index in [2.05, 4.69) is 47.7 Å². The topological polar surface area (TPSA) is 24.9 Å². The summed E-state index contributed by atoms with van der Waals surface area (Å²) in [6.07, 6.45) is 2.89. The molecular weight excluding hydrogens is 216 g/mol. The molecule has 2 heterocycles. The molecule has 2 nitrogen and oxygen atoms in total. The summed E-state index contributed by atoms with van der Waals surface area (Å²) in [5.41, 5.74) is 1.24. The lowest BCUT2D eigenvalue weighted by Gasteiger charge is -2.13. The van der Waals surface area contributed by atoms with Gasteiger partial charge in [0.2, 0.25) is 0 Å². The highest BCUT2D eigenvalue weighted by Gasteiger charge is 2.04. The van der Waals surface area contributed by atoms with E-state index >= 15 is 0 Å². The van der Waals surface area contributed by atoms with Gasteiger partial charge in [-0.2, -0.15) is 0 Å². The molecule has 0 radical (unpaired) electrons. The maximum Gasteiger partial charge on any atom is 0.126 e. The highest BCUT2D eigenvalue weighted by molar-refractivity contribution is 7.09. The quantitative estimate of drug-likeness (QED) is 0.872. The van der Waals surface area contributed by atoms with Crippen LogP contribution in [0.25, 0.3) is 0 Å². The number of hydrogen-bond acceptors (Lipinski definition) is 3. The maximum atomic E-state index is 4.30. The normalized spacial score (nSPS) is 12.4. The van der Waals surface area contributed by atoms with Crippen molar-refractivity contribution in [2.45, 2.75) is 26.3 Å². The van der Waals surface area contributed by atoms with Crippen LogP contribution >= 0.6 is 11.3 Å². The Morgan fingerprint density at radius 1 is 1.44 bits per heavy atom. The van der Waals surface area contributed by atoms with Crippen LogP contribution in [0.2, 0.25) is 0 Å². The van der Waals surface area contributed by atoms with E-state index in [0.717, 1.165) is 12.2 Å². The van der Waals surface area contributed by atoms with Crippen LogP contribution in [0.1, 0.15) is 17.4 Å². The standard InChI is InChI=1S/C13H16N2S/c1-10-5-6-14-13(8-10)15-11(2)9-12-4-3-7-16-12/h3-8,11H,9H2,1-2H3,(H,14,15). The van der Waals surface area contributed by atoms with Gasteiger partial charge in [0.1, 0.15) is 5.82 Å². The van der Waals surface area contributed by atoms with Crippen LogP contribution in [0, 0.1) is 6.92 Å². The molecule has 2 aromatic heterocycles. The molecule has 3 heteroatoms. The van der Waals surface area contributed by atoms with Crippen LogP contribution in [0.5, 0.6) is 0 Å². The summed E-state index contributed by atoms with van der Waals surface area (Å²) in [6.45, 7) is 4.26. The zero-order valence-corrected chi connectivity index (χ0v) is 10.4. The lowest BCUT2D eigenvalue weighted by atomic mass is 10.2. The van der Waals surface area contributed by atoms with Crippen LogP contribution in [0.15, 0.2) is 35.8 Å². The monoisotopic (exact) mass is 232 g/mol. The molecule has 1 atom stereocenters. The first-order valence-corrected chi connectivity index (χ1v) is 6.33. The molecule has 0 aliphatic carbocycles. The summed E-state index contributed by atoms with van der Waals surface area (Å²) in [5.74, 6) is 0.962. The fourth-order valence-corrected chi connectivity index (χ4v) is 2.48. The number of hydrogen-bond donors (Lipinski definition) is 1. The minimum absolute atomic E-state index is 0.410. The Hall–Kier alpha value is -1.35. The largest absolute Gasteiger partial charge is 0.367 e. The molecule has 0 fully saturated rings. The zero-order valence-electron chi connectivity index (χ0n) is 9.60. The minimum Gasteiger partial charge on any atom is -0.367 e. The van der Waals surface area contributed by atoms with E-state index in [0.29, 0.717) is 6.04 Å². The first kappa shape index (κ1) is 11.1. The number of nitrogens with zero attached hydrogens (tertiary/aromatic N) is 1. The van der Waals surface area contributed by atoms with E-state index < -0.39 is 0 Å². The van der Waals surface area contributed by atoms with Crippen LogP contribution in [-0.4, -0.2) is 11.0 Å². The van der Waals surface area contributed by atoms with Crippen LogP contribution in [0.4, 0.5) is 5.82 Å². The van der Waals surface area contributed by atoms with Gasteiger partial charge in [0.15, 0.2) is 0 Å². The Kier molecular flexibility index (Phi) is 3.57. The fourth-order valence-electron chi connectivity index (χ4n) is 1.65. The van der Waals surface area contributed by atoms with Crippen molar-refractivity contribution in [3.63, 3.8) is 0 Å². The summed E-state index contributed by atoms with van der Waals surface area (Å²) >= 11 is 1.80. The van der Waals surface area contributed by atoms with Crippen molar-refractivity contribution in [2.24, 2.45) is 0 Å². The summed E-state index contributed by atoms with van der Waals surface area (Å²) in [4.78, 5) is 5.71. The lowest BCUT2D eigenvalue weighted by Crippen LogP contribution is -2.18. The number of anilines is 1. The number of aromatic nitrogens is 1. The van der Waals surface area contributed by atoms with Gasteiger partial charge in [-0.3, -0.25) is 0 Å². The summed E-state index contributed by atoms with van der Waals surface area (Å²) in [7, 11) is 0. The number of nitrogens with one attached hydrogen (secondary N) is 1. The van der Waals surface area contributed by atoms with Gasteiger partial charge in [-0.15, -0.1) is 11.3 Å². The summed E-state index contributed by atoms with van der Waals surface area (Å²) in [5, 5.41) is 5.53. The second-order valence-corrected chi connectivity index (χ2v) is 5.08. The van der Waals surface area contributed by atoms with E-state index in [1.807, 2.05) is 12.3 Å². The molecule has 0 amide bonds. The second-order valence-electron chi connectivity index (χ2n) is 4.05. The molecule has 16 heavy (non-hydrogen) atoms. The summed E-state index contributed by atoms with van der Waals surface area (Å²) < 4.78 is 0. The van der Waals surface area contributed by atoms with Crippen molar-refractivity contribution in [1.29, 1.82) is 0 Å². The van der Waals surface area contributed by atoms with Crippen molar-refractivity contribution < 1.29 is 0 Å². The molecule has 2 aromatic rings. The van der Waals surface area contributed by atoms with Crippen LogP contribution in [0.3, 0.4) is 0 Å². The lowest BCUT2D eigenvalue weighted by molar-refractivity contribution is 0.794. The maximum absolute atomic E-state index is 4.30. The highest BCUT2D eigenvalue weighted by Crippen LogP contribution is 2.14. The van der Waals surface area contributed by atoms with Gasteiger partial charge in [-0.05, 0) is 43.0 Å². The molecule has 0 aromatic carbocycles. The molecule has 1 N–H and O–H groups in total. The van der Waals surface area contributed by atoms with E-state index in [4.69, 9.17) is 0 Å². The number of rotatable bonds is 4. The van der Waals surface area contributed by atoms with Crippen molar-refractivity contribution in [3.05, 3.63) is 46.3 Å². The van der Waals surface area contributed by atoms with Crippen molar-refractivity contribution in [2.75, 3.05) is 5.32 Å². The van der Waals surface area contributed by atoms with Gasteiger partial charge in [-0.1, -0.05) is 6.07 Å². The smallest absolute Gasteiger partial charge is 0.126 e. The van der Waals surface area contributed by atoms with Gasteiger partial charge in [0.05, 0.1) is 0 Å². The van der Waals surface area contributed by atoms with E-state index in [1.165, 1.54) is 10.4 Å². The van der Waals surface area contributed by atoms with Crippen LogP contribution < -0.4 is 5.32 Å². The molecule has 0 aliphatic rings. The molecule has 0 bridgehead atoms. The second kappa shape index (κ2) is 5.12. The Labute approximate surface area is 100 Å². The minimum atomic E-state index is 0.410. The molecule has 0 aliphatic heterocycles. The highest BCUT2D eigenvalue weighted by atomic mass is 32.1. The van der Waals surface area contributed by atoms with Gasteiger partial charge in [0.25, 0.3) is 0 Å². The first-order chi connectivity index (χ1) is 7.74. The first-order valence-electron chi connectivity index (χ1n) is 5.45. The average Bonchev–Trinajstić information content (AvgIpc) is 2.70. The Morgan fingerprint density at radius 3 is 3.00 bits per heavy atom. The van der Waals surface area contributed by atoms with E-state index in [-0.39, 0.29) is 0 Å². The molecule has 0 saturated carbocycles. The van der Waals surface area contributed by atoms with Gasteiger partial charge in [-0.25, -0.2) is 4.98 Å².